The zero-order valence-electron chi connectivity index (χ0n) is 10.6. The average molecular weight is 312 g/mol. The van der Waals surface area contributed by atoms with Gasteiger partial charge in [0.25, 0.3) is 0 Å². The van der Waals surface area contributed by atoms with E-state index in [1.165, 1.54) is 23.5 Å². The van der Waals surface area contributed by atoms with E-state index < -0.39 is 12.1 Å². The van der Waals surface area contributed by atoms with Crippen molar-refractivity contribution < 1.29 is 14.9 Å². The first-order valence-corrected chi connectivity index (χ1v) is 8.19. The minimum atomic E-state index is -0.677. The van der Waals surface area contributed by atoms with Gasteiger partial charge in [0, 0.05) is 23.0 Å². The number of nitrogens with zero attached hydrogens (tertiary/aromatic N) is 2. The molecule has 9 heteroatoms. The molecule has 0 aliphatic rings. The van der Waals surface area contributed by atoms with Gasteiger partial charge in [-0.1, -0.05) is 10.4 Å². The molecule has 0 saturated heterocycles. The van der Waals surface area contributed by atoms with Crippen LogP contribution in [0.25, 0.3) is 0 Å². The molecule has 0 aliphatic carbocycles. The molecule has 19 heavy (non-hydrogen) atoms. The van der Waals surface area contributed by atoms with Crippen LogP contribution in [0.2, 0.25) is 0 Å². The summed E-state index contributed by atoms with van der Waals surface area (Å²) in [6, 6.07) is -0.534. The van der Waals surface area contributed by atoms with E-state index in [0.29, 0.717) is 24.7 Å². The molecule has 112 valence electrons. The Bertz CT molecular complexity index is 236. The number of ether oxygens (including phenoxy) is 1. The van der Waals surface area contributed by atoms with Crippen molar-refractivity contribution in [2.45, 2.75) is 12.1 Å². The van der Waals surface area contributed by atoms with E-state index >= 15 is 0 Å². The summed E-state index contributed by atoms with van der Waals surface area (Å²) in [6.07, 6.45) is -0.677. The van der Waals surface area contributed by atoms with Gasteiger partial charge in [0.05, 0.1) is 25.9 Å². The second kappa shape index (κ2) is 14.2. The first-order chi connectivity index (χ1) is 9.24. The van der Waals surface area contributed by atoms with Crippen LogP contribution in [0.5, 0.6) is 0 Å². The summed E-state index contributed by atoms with van der Waals surface area (Å²) in [4.78, 5) is 20.0. The summed E-state index contributed by atoms with van der Waals surface area (Å²) in [5, 5.41) is 23.3. The third kappa shape index (κ3) is 12.6. The molecule has 0 bridgehead atoms. The maximum atomic E-state index is 10.2. The minimum absolute atomic E-state index is 0.0682. The van der Waals surface area contributed by atoms with Gasteiger partial charge in [-0.15, -0.1) is 0 Å². The number of aliphatic hydroxyl groups is 2. The molecule has 2 N–H and O–H groups in total. The Labute approximate surface area is 120 Å². The van der Waals surface area contributed by atoms with Gasteiger partial charge in [-0.2, -0.15) is 33.3 Å². The van der Waals surface area contributed by atoms with Crippen molar-refractivity contribution in [3.63, 3.8) is 0 Å². The van der Waals surface area contributed by atoms with Crippen LogP contribution in [0.3, 0.4) is 0 Å². The molecule has 0 fully saturated rings. The fourth-order valence-corrected chi connectivity index (χ4v) is 2.65. The van der Waals surface area contributed by atoms with Gasteiger partial charge < -0.3 is 14.9 Å². The third-order valence-corrected chi connectivity index (χ3v) is 4.16. The van der Waals surface area contributed by atoms with Crippen molar-refractivity contribution in [1.29, 1.82) is 0 Å². The molecule has 2 unspecified atom stereocenters. The standard InChI is InChI=1S/C10H20N2O5S2/c13-6-9(12-16)7-18-3-1-17-2-4-19-8-10(14)5-11-15/h9-10,13-14H,1-8H2. The van der Waals surface area contributed by atoms with Crippen molar-refractivity contribution in [1.82, 2.24) is 0 Å². The highest BCUT2D eigenvalue weighted by atomic mass is 32.2. The normalized spacial score (nSPS) is 14.0. The lowest BCUT2D eigenvalue weighted by molar-refractivity contribution is 0.167. The predicted molar refractivity (Wildman–Crippen MR) is 78.8 cm³/mol. The number of hydrogen-bond acceptors (Lipinski definition) is 9. The molecule has 0 heterocycles. The molecule has 7 nitrogen and oxygen atoms in total. The Morgan fingerprint density at radius 2 is 1.74 bits per heavy atom. The average Bonchev–Trinajstić information content (AvgIpc) is 2.41. The molecule has 0 saturated carbocycles. The molecule has 0 aromatic carbocycles. The summed E-state index contributed by atoms with van der Waals surface area (Å²) in [5.74, 6) is 2.47. The second-order valence-corrected chi connectivity index (χ2v) is 5.97. The highest BCUT2D eigenvalue weighted by molar-refractivity contribution is 7.99. The zero-order valence-corrected chi connectivity index (χ0v) is 12.3. The van der Waals surface area contributed by atoms with Crippen LogP contribution in [-0.2, 0) is 4.74 Å². The van der Waals surface area contributed by atoms with Crippen molar-refractivity contribution >= 4 is 23.5 Å². The van der Waals surface area contributed by atoms with E-state index in [-0.39, 0.29) is 13.2 Å². The smallest absolute Gasteiger partial charge is 0.124 e. The highest BCUT2D eigenvalue weighted by Gasteiger charge is 2.06. The maximum absolute atomic E-state index is 10.2. The van der Waals surface area contributed by atoms with Gasteiger partial charge in [0.15, 0.2) is 0 Å². The van der Waals surface area contributed by atoms with E-state index in [2.05, 4.69) is 10.4 Å². The van der Waals surface area contributed by atoms with E-state index in [0.717, 1.165) is 11.5 Å². The van der Waals surface area contributed by atoms with Crippen molar-refractivity contribution in [2.75, 3.05) is 49.4 Å². The van der Waals surface area contributed by atoms with Crippen LogP contribution >= 0.6 is 23.5 Å². The van der Waals surface area contributed by atoms with E-state index in [9.17, 15) is 14.9 Å². The van der Waals surface area contributed by atoms with Crippen LogP contribution in [-0.4, -0.2) is 71.7 Å². The zero-order chi connectivity index (χ0) is 14.3. The molecule has 0 amide bonds. The van der Waals surface area contributed by atoms with Gasteiger partial charge in [0.1, 0.15) is 12.6 Å². The molecule has 0 rings (SSSR count). The molecule has 2 atom stereocenters. The summed E-state index contributed by atoms with van der Waals surface area (Å²) in [5.41, 5.74) is 0. The van der Waals surface area contributed by atoms with Crippen LogP contribution in [0.4, 0.5) is 0 Å². The van der Waals surface area contributed by atoms with Gasteiger partial charge in [0.2, 0.25) is 0 Å². The van der Waals surface area contributed by atoms with E-state index in [4.69, 9.17) is 9.84 Å². The summed E-state index contributed by atoms with van der Waals surface area (Å²) >= 11 is 3.02. The lowest BCUT2D eigenvalue weighted by Crippen LogP contribution is -2.15. The molecule has 0 aromatic rings. The van der Waals surface area contributed by atoms with Gasteiger partial charge in [-0.25, -0.2) is 0 Å². The topological polar surface area (TPSA) is 109 Å². The van der Waals surface area contributed by atoms with Gasteiger partial charge in [-0.3, -0.25) is 0 Å². The number of nitroso groups, excluding NO2 is 2. The van der Waals surface area contributed by atoms with Gasteiger partial charge in [-0.05, 0) is 0 Å². The number of hydrogen-bond donors (Lipinski definition) is 2. The molecular formula is C10H20N2O5S2. The SMILES string of the molecule is O=NCC(O)CSCCOCCSCC(CO)N=O. The number of thioether (sulfide) groups is 2. The molecular weight excluding hydrogens is 292 g/mol. The lowest BCUT2D eigenvalue weighted by atomic mass is 10.4. The summed E-state index contributed by atoms with van der Waals surface area (Å²) < 4.78 is 5.34. The molecule has 0 aliphatic heterocycles. The molecule has 0 spiro atoms. The predicted octanol–water partition coefficient (Wildman–Crippen LogP) is 0.724. The highest BCUT2D eigenvalue weighted by Crippen LogP contribution is 2.06. The number of aliphatic hydroxyl groups excluding tert-OH is 2. The Morgan fingerprint density at radius 3 is 2.26 bits per heavy atom. The number of rotatable bonds is 14. The molecule has 0 radical (unpaired) electrons. The third-order valence-electron chi connectivity index (χ3n) is 2.01. The Kier molecular flexibility index (Phi) is 14.0. The summed E-state index contributed by atoms with van der Waals surface area (Å²) in [6.45, 7) is 0.857. The fourth-order valence-electron chi connectivity index (χ4n) is 1.03. The van der Waals surface area contributed by atoms with Crippen molar-refractivity contribution in [3.8, 4) is 0 Å². The van der Waals surface area contributed by atoms with Gasteiger partial charge >= 0.3 is 0 Å². The molecule has 0 aromatic heterocycles. The van der Waals surface area contributed by atoms with Crippen LogP contribution in [0.15, 0.2) is 10.4 Å². The van der Waals surface area contributed by atoms with Crippen LogP contribution in [0, 0.1) is 9.81 Å². The van der Waals surface area contributed by atoms with Crippen LogP contribution in [0.1, 0.15) is 0 Å². The monoisotopic (exact) mass is 312 g/mol. The first kappa shape index (κ1) is 18.8. The van der Waals surface area contributed by atoms with E-state index in [1.54, 1.807) is 0 Å². The lowest BCUT2D eigenvalue weighted by Gasteiger charge is -2.07. The minimum Gasteiger partial charge on any atom is -0.394 e. The van der Waals surface area contributed by atoms with Crippen LogP contribution < -0.4 is 0 Å². The summed E-state index contributed by atoms with van der Waals surface area (Å²) in [7, 11) is 0. The quantitative estimate of drug-likeness (QED) is 0.359. The Balaban J connectivity index is 3.18. The second-order valence-electron chi connectivity index (χ2n) is 3.67. The maximum Gasteiger partial charge on any atom is 0.124 e. The first-order valence-electron chi connectivity index (χ1n) is 5.88. The largest absolute Gasteiger partial charge is 0.394 e. The van der Waals surface area contributed by atoms with Crippen molar-refractivity contribution in [3.05, 3.63) is 9.81 Å². The van der Waals surface area contributed by atoms with E-state index in [1.807, 2.05) is 0 Å². The Morgan fingerprint density at radius 1 is 1.11 bits per heavy atom. The van der Waals surface area contributed by atoms with Crippen molar-refractivity contribution in [2.24, 2.45) is 10.4 Å². The fraction of sp³-hybridized carbons (Fsp3) is 1.00. The Hall–Kier alpha value is -0.220.